The number of para-hydroxylation sites is 2. The highest BCUT2D eigenvalue weighted by Gasteiger charge is 2.27. The van der Waals surface area contributed by atoms with Crippen LogP contribution in [-0.4, -0.2) is 35.6 Å². The third kappa shape index (κ3) is 3.22. The second kappa shape index (κ2) is 6.24. The van der Waals surface area contributed by atoms with Crippen molar-refractivity contribution in [1.82, 2.24) is 4.31 Å². The number of nitrogens with two attached hydrogens (primary N) is 1. The van der Waals surface area contributed by atoms with Crippen LogP contribution in [0.2, 0.25) is 0 Å². The Morgan fingerprint density at radius 3 is 2.60 bits per heavy atom. The summed E-state index contributed by atoms with van der Waals surface area (Å²) in [5.41, 5.74) is 5.95. The van der Waals surface area contributed by atoms with E-state index in [2.05, 4.69) is 17.1 Å². The molecular weight excluding hydrogens is 272 g/mol. The van der Waals surface area contributed by atoms with E-state index in [9.17, 15) is 0 Å². The number of rotatable bonds is 3. The lowest BCUT2D eigenvalue weighted by molar-refractivity contribution is 0.0687. The molecule has 0 radical (unpaired) electrons. The number of thiol groups is 1. The minimum atomic E-state index is 0.0398. The van der Waals surface area contributed by atoms with Crippen LogP contribution in [0.4, 0.5) is 0 Å². The minimum absolute atomic E-state index is 0.0398. The second-order valence-corrected chi connectivity index (χ2v) is 6.20. The summed E-state index contributed by atoms with van der Waals surface area (Å²) in [6, 6.07) is 8.67. The van der Waals surface area contributed by atoms with Gasteiger partial charge in [0.1, 0.15) is 12.7 Å². The summed E-state index contributed by atoms with van der Waals surface area (Å²) in [4.78, 5) is 0. The number of hydrogen-bond acceptors (Lipinski definition) is 5. The van der Waals surface area contributed by atoms with E-state index < -0.39 is 0 Å². The fraction of sp³-hybridized carbons (Fsp3) is 0.600. The SMILES string of the molecule is NC1CCC(N(S)CC2COc3ccccc3O2)CC1. The van der Waals surface area contributed by atoms with Crippen LogP contribution in [-0.2, 0) is 0 Å². The molecule has 1 fully saturated rings. The van der Waals surface area contributed by atoms with Gasteiger partial charge in [0, 0.05) is 18.6 Å². The van der Waals surface area contributed by atoms with Gasteiger partial charge in [-0.1, -0.05) is 24.9 Å². The fourth-order valence-electron chi connectivity index (χ4n) is 2.91. The average molecular weight is 294 g/mol. The van der Waals surface area contributed by atoms with Gasteiger partial charge >= 0.3 is 0 Å². The van der Waals surface area contributed by atoms with Crippen molar-refractivity contribution in [2.24, 2.45) is 5.73 Å². The van der Waals surface area contributed by atoms with Gasteiger partial charge in [0.15, 0.2) is 11.5 Å². The van der Waals surface area contributed by atoms with Gasteiger partial charge in [-0.05, 0) is 37.8 Å². The molecule has 0 bridgehead atoms. The van der Waals surface area contributed by atoms with Crippen molar-refractivity contribution < 1.29 is 9.47 Å². The molecule has 2 aliphatic rings. The monoisotopic (exact) mass is 294 g/mol. The van der Waals surface area contributed by atoms with Gasteiger partial charge < -0.3 is 15.2 Å². The zero-order valence-electron chi connectivity index (χ0n) is 11.6. The highest BCUT2D eigenvalue weighted by Crippen LogP contribution is 2.32. The van der Waals surface area contributed by atoms with Crippen molar-refractivity contribution in [2.45, 2.75) is 43.9 Å². The van der Waals surface area contributed by atoms with Crippen LogP contribution in [0.15, 0.2) is 24.3 Å². The summed E-state index contributed by atoms with van der Waals surface area (Å²) >= 11 is 4.64. The Labute approximate surface area is 125 Å². The van der Waals surface area contributed by atoms with Crippen LogP contribution >= 0.6 is 12.8 Å². The van der Waals surface area contributed by atoms with Gasteiger partial charge in [0.05, 0.1) is 0 Å². The molecule has 1 aromatic rings. The largest absolute Gasteiger partial charge is 0.486 e. The lowest BCUT2D eigenvalue weighted by Gasteiger charge is -2.35. The summed E-state index contributed by atoms with van der Waals surface area (Å²) in [5.74, 6) is 1.66. The van der Waals surface area contributed by atoms with E-state index in [1.807, 2.05) is 24.3 Å². The molecule has 20 heavy (non-hydrogen) atoms. The van der Waals surface area contributed by atoms with E-state index in [0.29, 0.717) is 18.7 Å². The molecule has 1 atom stereocenters. The van der Waals surface area contributed by atoms with Crippen LogP contribution < -0.4 is 15.2 Å². The van der Waals surface area contributed by atoms with Crippen LogP contribution in [0.1, 0.15) is 25.7 Å². The minimum Gasteiger partial charge on any atom is -0.486 e. The number of ether oxygens (including phenoxy) is 2. The van der Waals surface area contributed by atoms with Crippen molar-refractivity contribution in [2.75, 3.05) is 13.2 Å². The van der Waals surface area contributed by atoms with Crippen molar-refractivity contribution >= 4 is 12.8 Å². The van der Waals surface area contributed by atoms with Crippen molar-refractivity contribution in [1.29, 1.82) is 0 Å². The molecule has 0 amide bonds. The van der Waals surface area contributed by atoms with Crippen molar-refractivity contribution in [3.63, 3.8) is 0 Å². The maximum absolute atomic E-state index is 5.97. The number of hydrogen-bond donors (Lipinski definition) is 2. The van der Waals surface area contributed by atoms with Crippen molar-refractivity contribution in [3.8, 4) is 11.5 Å². The molecule has 1 aliphatic heterocycles. The fourth-order valence-corrected chi connectivity index (χ4v) is 3.32. The highest BCUT2D eigenvalue weighted by atomic mass is 32.1. The third-order valence-electron chi connectivity index (χ3n) is 4.12. The smallest absolute Gasteiger partial charge is 0.161 e. The van der Waals surface area contributed by atoms with E-state index >= 15 is 0 Å². The molecular formula is C15H22N2O2S. The van der Waals surface area contributed by atoms with Crippen LogP contribution in [0.3, 0.4) is 0 Å². The van der Waals surface area contributed by atoms with Gasteiger partial charge in [-0.25, -0.2) is 4.31 Å². The van der Waals surface area contributed by atoms with E-state index in [1.54, 1.807) is 0 Å². The first-order valence-electron chi connectivity index (χ1n) is 7.32. The van der Waals surface area contributed by atoms with E-state index in [1.165, 1.54) is 0 Å². The Balaban J connectivity index is 1.54. The van der Waals surface area contributed by atoms with Gasteiger partial charge in [-0.3, -0.25) is 0 Å². The molecule has 0 spiro atoms. The average Bonchev–Trinajstić information content (AvgIpc) is 2.48. The summed E-state index contributed by atoms with van der Waals surface area (Å²) in [7, 11) is 0. The third-order valence-corrected chi connectivity index (χ3v) is 4.61. The predicted octanol–water partition coefficient (Wildman–Crippen LogP) is 2.24. The Morgan fingerprint density at radius 1 is 1.15 bits per heavy atom. The van der Waals surface area contributed by atoms with Crippen LogP contribution in [0.25, 0.3) is 0 Å². The molecule has 1 aromatic carbocycles. The zero-order chi connectivity index (χ0) is 13.9. The summed E-state index contributed by atoms with van der Waals surface area (Å²) in [6.07, 6.45) is 4.46. The topological polar surface area (TPSA) is 47.7 Å². The lowest BCUT2D eigenvalue weighted by atomic mass is 9.92. The summed E-state index contributed by atoms with van der Waals surface area (Å²) in [5, 5.41) is 0. The number of fused-ring (bicyclic) bond motifs is 1. The zero-order valence-corrected chi connectivity index (χ0v) is 12.5. The lowest BCUT2D eigenvalue weighted by Crippen LogP contribution is -2.43. The maximum atomic E-state index is 5.97. The second-order valence-electron chi connectivity index (χ2n) is 5.69. The molecule has 1 unspecified atom stereocenters. The van der Waals surface area contributed by atoms with Gasteiger partial charge in [0.25, 0.3) is 0 Å². The van der Waals surface area contributed by atoms with E-state index in [-0.39, 0.29) is 6.10 Å². The molecule has 0 aromatic heterocycles. The summed E-state index contributed by atoms with van der Waals surface area (Å²) in [6.45, 7) is 1.36. The quantitative estimate of drug-likeness (QED) is 0.840. The van der Waals surface area contributed by atoms with Crippen LogP contribution in [0, 0.1) is 0 Å². The Morgan fingerprint density at radius 2 is 1.85 bits per heavy atom. The molecule has 0 saturated heterocycles. The highest BCUT2D eigenvalue weighted by molar-refractivity contribution is 7.77. The molecule has 110 valence electrons. The molecule has 5 heteroatoms. The molecule has 3 rings (SSSR count). The Kier molecular flexibility index (Phi) is 4.38. The maximum Gasteiger partial charge on any atom is 0.161 e. The van der Waals surface area contributed by atoms with Crippen molar-refractivity contribution in [3.05, 3.63) is 24.3 Å². The van der Waals surface area contributed by atoms with Crippen LogP contribution in [0.5, 0.6) is 11.5 Å². The van der Waals surface area contributed by atoms with Gasteiger partial charge in [0.2, 0.25) is 0 Å². The first-order valence-corrected chi connectivity index (χ1v) is 7.72. The number of benzene rings is 1. The standard InChI is InChI=1S/C15H22N2O2S/c16-11-5-7-12(8-6-11)17(20)9-13-10-18-14-3-1-2-4-15(14)19-13/h1-4,11-13,20H,5-10,16H2. The van der Waals surface area contributed by atoms with Gasteiger partial charge in [-0.2, -0.15) is 0 Å². The molecule has 1 saturated carbocycles. The number of nitrogens with zero attached hydrogens (tertiary/aromatic N) is 1. The molecule has 1 aliphatic carbocycles. The molecule has 4 nitrogen and oxygen atoms in total. The normalized spacial score (nSPS) is 29.4. The van der Waals surface area contributed by atoms with E-state index in [4.69, 9.17) is 15.2 Å². The van der Waals surface area contributed by atoms with Gasteiger partial charge in [-0.15, -0.1) is 0 Å². The predicted molar refractivity (Wildman–Crippen MR) is 82.3 cm³/mol. The summed E-state index contributed by atoms with van der Waals surface area (Å²) < 4.78 is 13.8. The molecule has 1 heterocycles. The van der Waals surface area contributed by atoms with E-state index in [0.717, 1.165) is 43.7 Å². The Bertz CT molecular complexity index is 449. The first kappa shape index (κ1) is 14.0. The Hall–Kier alpha value is -0.910. The molecule has 2 N–H and O–H groups in total. The first-order chi connectivity index (χ1) is 9.72.